The first-order valence-corrected chi connectivity index (χ1v) is 9.23. The van der Waals surface area contributed by atoms with Crippen molar-refractivity contribution < 1.29 is 13.7 Å². The summed E-state index contributed by atoms with van der Waals surface area (Å²) in [6.45, 7) is 0. The molecule has 0 atom stereocenters. The molecule has 4 aromatic rings. The van der Waals surface area contributed by atoms with Gasteiger partial charge in [-0.3, -0.25) is 4.79 Å². The lowest BCUT2D eigenvalue weighted by Crippen LogP contribution is -2.12. The van der Waals surface area contributed by atoms with Crippen molar-refractivity contribution >= 4 is 45.8 Å². The molecule has 0 bridgehead atoms. The second-order valence-corrected chi connectivity index (χ2v) is 6.95. The number of carbonyl (C=O) groups excluding carboxylic acids is 1. The molecule has 0 fully saturated rings. The summed E-state index contributed by atoms with van der Waals surface area (Å²) in [5, 5.41) is 7.95. The average molecular weight is 432 g/mol. The standard InChI is InChI=1S/C19H12Cl2FN5O2/c20-11-5-10-6-13(9-24-18(10)23-8-11)25-16(28)3-4-17-26-19(27-29-17)14-2-1-12(22)7-15(14)21/h1-2,5-9H,3-4H2,(H,25,28). The van der Waals surface area contributed by atoms with Crippen LogP contribution < -0.4 is 5.32 Å². The maximum Gasteiger partial charge on any atom is 0.227 e. The van der Waals surface area contributed by atoms with Crippen molar-refractivity contribution in [2.45, 2.75) is 12.8 Å². The smallest absolute Gasteiger partial charge is 0.227 e. The number of rotatable bonds is 5. The summed E-state index contributed by atoms with van der Waals surface area (Å²) in [4.78, 5) is 24.7. The second-order valence-electron chi connectivity index (χ2n) is 6.11. The number of aromatic nitrogens is 4. The molecule has 0 spiro atoms. The van der Waals surface area contributed by atoms with Crippen molar-refractivity contribution in [3.05, 3.63) is 64.5 Å². The third-order valence-electron chi connectivity index (χ3n) is 3.99. The van der Waals surface area contributed by atoms with Gasteiger partial charge < -0.3 is 9.84 Å². The highest BCUT2D eigenvalue weighted by Crippen LogP contribution is 2.26. The van der Waals surface area contributed by atoms with Crippen molar-refractivity contribution in [3.63, 3.8) is 0 Å². The maximum atomic E-state index is 13.2. The van der Waals surface area contributed by atoms with Crippen LogP contribution >= 0.6 is 23.2 Å². The summed E-state index contributed by atoms with van der Waals surface area (Å²) in [5.74, 6) is -0.210. The van der Waals surface area contributed by atoms with Gasteiger partial charge in [0.05, 0.1) is 21.9 Å². The number of aryl methyl sites for hydroxylation is 1. The summed E-state index contributed by atoms with van der Waals surface area (Å²) < 4.78 is 18.3. The minimum atomic E-state index is -0.458. The van der Waals surface area contributed by atoms with Crippen LogP contribution in [0.1, 0.15) is 12.3 Å². The molecule has 1 amide bonds. The van der Waals surface area contributed by atoms with Gasteiger partial charge in [-0.2, -0.15) is 4.98 Å². The van der Waals surface area contributed by atoms with E-state index in [0.29, 0.717) is 27.3 Å². The fourth-order valence-electron chi connectivity index (χ4n) is 2.65. The van der Waals surface area contributed by atoms with Crippen LogP contribution in [0, 0.1) is 5.82 Å². The van der Waals surface area contributed by atoms with Crippen molar-refractivity contribution in [3.8, 4) is 11.4 Å². The van der Waals surface area contributed by atoms with Crippen LogP contribution in [0.4, 0.5) is 10.1 Å². The maximum absolute atomic E-state index is 13.2. The third-order valence-corrected chi connectivity index (χ3v) is 4.51. The minimum absolute atomic E-state index is 0.116. The molecule has 3 heterocycles. The Kier molecular flexibility index (Phi) is 5.37. The SMILES string of the molecule is O=C(CCc1nc(-c2ccc(F)cc2Cl)no1)Nc1cnc2ncc(Cl)cc2c1. The molecule has 0 radical (unpaired) electrons. The van der Waals surface area contributed by atoms with E-state index in [2.05, 4.69) is 25.4 Å². The molecular formula is C19H12Cl2FN5O2. The van der Waals surface area contributed by atoms with Gasteiger partial charge in [0, 0.05) is 30.0 Å². The zero-order chi connectivity index (χ0) is 20.4. The Hall–Kier alpha value is -3.10. The predicted octanol–water partition coefficient (Wildman–Crippen LogP) is 4.70. The Bertz CT molecular complexity index is 1210. The zero-order valence-corrected chi connectivity index (χ0v) is 16.2. The molecule has 146 valence electrons. The van der Waals surface area contributed by atoms with Gasteiger partial charge in [0.1, 0.15) is 5.82 Å². The highest BCUT2D eigenvalue weighted by molar-refractivity contribution is 6.33. The molecule has 4 rings (SSSR count). The van der Waals surface area contributed by atoms with Crippen LogP contribution in [0.25, 0.3) is 22.4 Å². The first-order valence-electron chi connectivity index (χ1n) is 8.47. The van der Waals surface area contributed by atoms with Crippen LogP contribution in [0.2, 0.25) is 10.0 Å². The van der Waals surface area contributed by atoms with E-state index in [4.69, 9.17) is 27.7 Å². The van der Waals surface area contributed by atoms with Crippen molar-refractivity contribution in [2.24, 2.45) is 0 Å². The molecule has 1 aromatic carbocycles. The summed E-state index contributed by atoms with van der Waals surface area (Å²) in [6, 6.07) is 7.34. The highest BCUT2D eigenvalue weighted by atomic mass is 35.5. The van der Waals surface area contributed by atoms with Crippen molar-refractivity contribution in [1.82, 2.24) is 20.1 Å². The minimum Gasteiger partial charge on any atom is -0.339 e. The van der Waals surface area contributed by atoms with Gasteiger partial charge in [0.25, 0.3) is 0 Å². The van der Waals surface area contributed by atoms with Gasteiger partial charge in [-0.05, 0) is 30.3 Å². The molecule has 0 saturated carbocycles. The van der Waals surface area contributed by atoms with Gasteiger partial charge in [-0.15, -0.1) is 0 Å². The number of nitrogens with zero attached hydrogens (tertiary/aromatic N) is 4. The Morgan fingerprint density at radius 1 is 1.14 bits per heavy atom. The normalized spacial score (nSPS) is 11.0. The predicted molar refractivity (Wildman–Crippen MR) is 106 cm³/mol. The van der Waals surface area contributed by atoms with Crippen molar-refractivity contribution in [1.29, 1.82) is 0 Å². The molecule has 0 saturated heterocycles. The first-order chi connectivity index (χ1) is 14.0. The number of hydrogen-bond acceptors (Lipinski definition) is 6. The monoisotopic (exact) mass is 431 g/mol. The van der Waals surface area contributed by atoms with Crippen LogP contribution in [0.3, 0.4) is 0 Å². The first kappa shape index (κ1) is 19.2. The molecule has 3 aromatic heterocycles. The van der Waals surface area contributed by atoms with E-state index >= 15 is 0 Å². The lowest BCUT2D eigenvalue weighted by molar-refractivity contribution is -0.116. The van der Waals surface area contributed by atoms with E-state index in [9.17, 15) is 9.18 Å². The summed E-state index contributed by atoms with van der Waals surface area (Å²) >= 11 is 11.9. The molecule has 0 aliphatic rings. The quantitative estimate of drug-likeness (QED) is 0.492. The number of halogens is 3. The van der Waals surface area contributed by atoms with E-state index in [0.717, 1.165) is 0 Å². The fraction of sp³-hybridized carbons (Fsp3) is 0.105. The number of carbonyl (C=O) groups is 1. The average Bonchev–Trinajstić information content (AvgIpc) is 3.15. The van der Waals surface area contributed by atoms with Crippen LogP contribution in [0.5, 0.6) is 0 Å². The lowest BCUT2D eigenvalue weighted by Gasteiger charge is -2.05. The number of fused-ring (bicyclic) bond motifs is 1. The van der Waals surface area contributed by atoms with E-state index in [1.807, 2.05) is 0 Å². The molecule has 7 nitrogen and oxygen atoms in total. The van der Waals surface area contributed by atoms with Crippen LogP contribution in [-0.4, -0.2) is 26.0 Å². The third kappa shape index (κ3) is 4.49. The molecular weight excluding hydrogens is 420 g/mol. The molecule has 0 aliphatic heterocycles. The molecule has 29 heavy (non-hydrogen) atoms. The van der Waals surface area contributed by atoms with Crippen molar-refractivity contribution in [2.75, 3.05) is 5.32 Å². The van der Waals surface area contributed by atoms with E-state index in [1.54, 1.807) is 12.1 Å². The van der Waals surface area contributed by atoms with Gasteiger partial charge in [-0.1, -0.05) is 28.4 Å². The molecule has 10 heteroatoms. The largest absolute Gasteiger partial charge is 0.339 e. The lowest BCUT2D eigenvalue weighted by atomic mass is 10.2. The number of hydrogen-bond donors (Lipinski definition) is 1. The fourth-order valence-corrected chi connectivity index (χ4v) is 3.06. The Labute approximate surface area is 173 Å². The zero-order valence-electron chi connectivity index (χ0n) is 14.7. The highest BCUT2D eigenvalue weighted by Gasteiger charge is 2.14. The topological polar surface area (TPSA) is 93.8 Å². The van der Waals surface area contributed by atoms with Crippen LogP contribution in [0.15, 0.2) is 47.2 Å². The number of benzene rings is 1. The molecule has 1 N–H and O–H groups in total. The number of anilines is 1. The van der Waals surface area contributed by atoms with Gasteiger partial charge >= 0.3 is 0 Å². The number of nitrogens with one attached hydrogen (secondary N) is 1. The Balaban J connectivity index is 1.39. The van der Waals surface area contributed by atoms with Gasteiger partial charge in [-0.25, -0.2) is 14.4 Å². The van der Waals surface area contributed by atoms with E-state index in [-0.39, 0.29) is 35.5 Å². The van der Waals surface area contributed by atoms with E-state index < -0.39 is 5.82 Å². The van der Waals surface area contributed by atoms with Gasteiger partial charge in [0.2, 0.25) is 17.6 Å². The summed E-state index contributed by atoms with van der Waals surface area (Å²) in [5.41, 5.74) is 1.50. The van der Waals surface area contributed by atoms with Crippen LogP contribution in [-0.2, 0) is 11.2 Å². The Morgan fingerprint density at radius 2 is 1.97 bits per heavy atom. The van der Waals surface area contributed by atoms with Gasteiger partial charge in [0.15, 0.2) is 5.65 Å². The molecule has 0 aliphatic carbocycles. The van der Waals surface area contributed by atoms with E-state index in [1.165, 1.54) is 30.6 Å². The summed E-state index contributed by atoms with van der Waals surface area (Å²) in [6.07, 6.45) is 3.37. The molecule has 0 unspecified atom stereocenters. The number of amides is 1. The Morgan fingerprint density at radius 3 is 2.79 bits per heavy atom. The second kappa shape index (κ2) is 8.10. The summed E-state index contributed by atoms with van der Waals surface area (Å²) in [7, 11) is 0. The number of pyridine rings is 2.